The lowest BCUT2D eigenvalue weighted by Gasteiger charge is -2.35. The lowest BCUT2D eigenvalue weighted by atomic mass is 9.88. The quantitative estimate of drug-likeness (QED) is 0.763. The molecule has 2 aliphatic heterocycles. The van der Waals surface area contributed by atoms with Gasteiger partial charge in [-0.25, -0.2) is 0 Å². The van der Waals surface area contributed by atoms with E-state index in [-0.39, 0.29) is 19.4 Å². The summed E-state index contributed by atoms with van der Waals surface area (Å²) >= 11 is 0. The summed E-state index contributed by atoms with van der Waals surface area (Å²) in [5.74, 6) is -4.00. The van der Waals surface area contributed by atoms with E-state index in [2.05, 4.69) is 0 Å². The predicted molar refractivity (Wildman–Crippen MR) is 50.0 cm³/mol. The average Bonchev–Trinajstić information content (AvgIpc) is 2.55. The molecular formula is C10H12F3NO3. The second-order valence-electron chi connectivity index (χ2n) is 4.58. The lowest BCUT2D eigenvalue weighted by Crippen LogP contribution is -2.47. The number of carboxylic acid groups (broad SMARTS) is 1. The van der Waals surface area contributed by atoms with Crippen molar-refractivity contribution in [3.8, 4) is 0 Å². The van der Waals surface area contributed by atoms with E-state index < -0.39 is 42.4 Å². The largest absolute Gasteiger partial charge is 0.481 e. The van der Waals surface area contributed by atoms with Crippen LogP contribution < -0.4 is 0 Å². The number of rotatable bonds is 1. The Morgan fingerprint density at radius 3 is 2.53 bits per heavy atom. The highest BCUT2D eigenvalue weighted by atomic mass is 19.4. The van der Waals surface area contributed by atoms with Crippen LogP contribution in [0.3, 0.4) is 0 Å². The van der Waals surface area contributed by atoms with Crippen molar-refractivity contribution in [2.24, 2.45) is 11.8 Å². The number of hydrogen-bond donors (Lipinski definition) is 1. The summed E-state index contributed by atoms with van der Waals surface area (Å²) in [4.78, 5) is 23.3. The van der Waals surface area contributed by atoms with E-state index in [0.29, 0.717) is 0 Å². The first-order valence-corrected chi connectivity index (χ1v) is 5.39. The van der Waals surface area contributed by atoms with Crippen molar-refractivity contribution in [3.63, 3.8) is 0 Å². The van der Waals surface area contributed by atoms with Crippen LogP contribution in [0.15, 0.2) is 0 Å². The highest BCUT2D eigenvalue weighted by molar-refractivity contribution is 5.81. The molecule has 0 unspecified atom stereocenters. The molecule has 96 valence electrons. The fourth-order valence-electron chi connectivity index (χ4n) is 2.67. The summed E-state index contributed by atoms with van der Waals surface area (Å²) in [6.45, 7) is -0.0919. The number of hydrogen-bond acceptors (Lipinski definition) is 2. The van der Waals surface area contributed by atoms with Gasteiger partial charge in [-0.15, -0.1) is 0 Å². The van der Waals surface area contributed by atoms with Gasteiger partial charge in [0.1, 0.15) is 0 Å². The first-order chi connectivity index (χ1) is 7.80. The van der Waals surface area contributed by atoms with Crippen molar-refractivity contribution >= 4 is 11.9 Å². The monoisotopic (exact) mass is 251 g/mol. The Hall–Kier alpha value is -1.27. The van der Waals surface area contributed by atoms with E-state index in [1.54, 1.807) is 0 Å². The second kappa shape index (κ2) is 3.89. The molecule has 2 saturated heterocycles. The third-order valence-corrected chi connectivity index (χ3v) is 3.58. The van der Waals surface area contributed by atoms with E-state index in [1.165, 1.54) is 0 Å². The molecule has 0 aromatic carbocycles. The summed E-state index contributed by atoms with van der Waals surface area (Å²) in [5, 5.41) is 8.81. The normalized spacial score (nSPS) is 33.7. The molecule has 0 aromatic rings. The van der Waals surface area contributed by atoms with E-state index >= 15 is 0 Å². The van der Waals surface area contributed by atoms with Gasteiger partial charge in [0.15, 0.2) is 0 Å². The highest BCUT2D eigenvalue weighted by Crippen LogP contribution is 2.43. The van der Waals surface area contributed by atoms with Crippen molar-refractivity contribution < 1.29 is 27.9 Å². The van der Waals surface area contributed by atoms with Crippen LogP contribution in [0.1, 0.15) is 19.3 Å². The Morgan fingerprint density at radius 2 is 2.00 bits per heavy atom. The van der Waals surface area contributed by atoms with Crippen LogP contribution >= 0.6 is 0 Å². The number of alkyl halides is 3. The van der Waals surface area contributed by atoms with Gasteiger partial charge in [-0.3, -0.25) is 9.59 Å². The molecule has 2 heterocycles. The Bertz CT molecular complexity index is 355. The van der Waals surface area contributed by atoms with Crippen LogP contribution in [0.2, 0.25) is 0 Å². The van der Waals surface area contributed by atoms with Gasteiger partial charge in [-0.05, 0) is 12.8 Å². The number of amides is 1. The zero-order valence-corrected chi connectivity index (χ0v) is 8.91. The Balaban J connectivity index is 2.15. The number of piperidine rings is 1. The van der Waals surface area contributed by atoms with Gasteiger partial charge < -0.3 is 10.0 Å². The van der Waals surface area contributed by atoms with Gasteiger partial charge in [-0.2, -0.15) is 13.2 Å². The SMILES string of the molecule is O=C(O)[C@@H]1CC[C@@H]2[C@@H](C(F)(F)F)CC(=O)N2C1. The summed E-state index contributed by atoms with van der Waals surface area (Å²) in [6, 6.07) is -0.863. The second-order valence-corrected chi connectivity index (χ2v) is 4.58. The first-order valence-electron chi connectivity index (χ1n) is 5.39. The fraction of sp³-hybridized carbons (Fsp3) is 0.800. The molecule has 2 aliphatic rings. The van der Waals surface area contributed by atoms with Crippen molar-refractivity contribution in [1.82, 2.24) is 4.90 Å². The first kappa shape index (κ1) is 12.2. The molecule has 2 fully saturated rings. The molecule has 0 radical (unpaired) electrons. The molecule has 0 aromatic heterocycles. The molecule has 1 N–H and O–H groups in total. The Morgan fingerprint density at radius 1 is 1.35 bits per heavy atom. The molecule has 0 spiro atoms. The third kappa shape index (κ3) is 2.10. The van der Waals surface area contributed by atoms with Crippen LogP contribution in [0, 0.1) is 11.8 Å². The van der Waals surface area contributed by atoms with E-state index in [4.69, 9.17) is 5.11 Å². The summed E-state index contributed by atoms with van der Waals surface area (Å²) in [6.07, 6.45) is -4.60. The van der Waals surface area contributed by atoms with Crippen molar-refractivity contribution in [2.75, 3.05) is 6.54 Å². The van der Waals surface area contributed by atoms with Gasteiger partial charge >= 0.3 is 12.1 Å². The molecular weight excluding hydrogens is 239 g/mol. The van der Waals surface area contributed by atoms with Crippen LogP contribution in [-0.4, -0.2) is 40.6 Å². The fourth-order valence-corrected chi connectivity index (χ4v) is 2.67. The molecule has 0 bridgehead atoms. The maximum absolute atomic E-state index is 12.7. The van der Waals surface area contributed by atoms with Crippen molar-refractivity contribution in [1.29, 1.82) is 0 Å². The highest BCUT2D eigenvalue weighted by Gasteiger charge is 2.55. The molecule has 4 nitrogen and oxygen atoms in total. The lowest BCUT2D eigenvalue weighted by molar-refractivity contribution is -0.183. The topological polar surface area (TPSA) is 57.6 Å². The third-order valence-electron chi connectivity index (χ3n) is 3.58. The van der Waals surface area contributed by atoms with Gasteiger partial charge in [0, 0.05) is 19.0 Å². The zero-order valence-electron chi connectivity index (χ0n) is 8.91. The molecule has 0 saturated carbocycles. The Labute approximate surface area is 95.4 Å². The standard InChI is InChI=1S/C10H12F3NO3/c11-10(12,13)6-3-8(15)14-4-5(9(16)17)1-2-7(6)14/h5-7H,1-4H2,(H,16,17)/t5-,6+,7-/m1/s1. The number of nitrogens with zero attached hydrogens (tertiary/aromatic N) is 1. The predicted octanol–water partition coefficient (Wildman–Crippen LogP) is 1.26. The minimum Gasteiger partial charge on any atom is -0.481 e. The minimum absolute atomic E-state index is 0.0919. The smallest absolute Gasteiger partial charge is 0.394 e. The summed E-state index contributed by atoms with van der Waals surface area (Å²) in [5.41, 5.74) is 0. The van der Waals surface area contributed by atoms with E-state index in [1.807, 2.05) is 0 Å². The molecule has 2 rings (SSSR count). The van der Waals surface area contributed by atoms with E-state index in [0.717, 1.165) is 4.90 Å². The number of aliphatic carboxylic acids is 1. The number of carbonyl (C=O) groups is 2. The molecule has 0 aliphatic carbocycles. The van der Waals surface area contributed by atoms with Gasteiger partial charge in [0.25, 0.3) is 0 Å². The zero-order chi connectivity index (χ0) is 12.8. The van der Waals surface area contributed by atoms with Crippen LogP contribution in [0.25, 0.3) is 0 Å². The van der Waals surface area contributed by atoms with Gasteiger partial charge in [0.05, 0.1) is 11.8 Å². The van der Waals surface area contributed by atoms with Crippen LogP contribution in [0.4, 0.5) is 13.2 Å². The maximum atomic E-state index is 12.7. The van der Waals surface area contributed by atoms with E-state index in [9.17, 15) is 22.8 Å². The van der Waals surface area contributed by atoms with Crippen LogP contribution in [0.5, 0.6) is 0 Å². The molecule has 7 heteroatoms. The van der Waals surface area contributed by atoms with Gasteiger partial charge in [-0.1, -0.05) is 0 Å². The molecule has 3 atom stereocenters. The Kier molecular flexibility index (Phi) is 2.79. The van der Waals surface area contributed by atoms with Crippen LogP contribution in [-0.2, 0) is 9.59 Å². The molecule has 1 amide bonds. The minimum atomic E-state index is -4.38. The van der Waals surface area contributed by atoms with Crippen molar-refractivity contribution in [2.45, 2.75) is 31.5 Å². The summed E-state index contributed by atoms with van der Waals surface area (Å²) < 4.78 is 38.0. The molecule has 17 heavy (non-hydrogen) atoms. The summed E-state index contributed by atoms with van der Waals surface area (Å²) in [7, 11) is 0. The maximum Gasteiger partial charge on any atom is 0.394 e. The number of carboxylic acids is 1. The average molecular weight is 251 g/mol. The van der Waals surface area contributed by atoms with Gasteiger partial charge in [0.2, 0.25) is 5.91 Å². The number of fused-ring (bicyclic) bond motifs is 1. The number of carbonyl (C=O) groups excluding carboxylic acids is 1. The number of halogens is 3. The van der Waals surface area contributed by atoms with Crippen molar-refractivity contribution in [3.05, 3.63) is 0 Å².